The van der Waals surface area contributed by atoms with Crippen molar-refractivity contribution in [2.45, 2.75) is 20.8 Å². The predicted molar refractivity (Wildman–Crippen MR) is 140 cm³/mol. The van der Waals surface area contributed by atoms with Gasteiger partial charge in [0.25, 0.3) is 5.91 Å². The van der Waals surface area contributed by atoms with Crippen LogP contribution in [0.2, 0.25) is 0 Å². The van der Waals surface area contributed by atoms with Crippen LogP contribution in [0.5, 0.6) is 28.7 Å². The van der Waals surface area contributed by atoms with E-state index < -0.39 is 5.91 Å². The highest BCUT2D eigenvalue weighted by Crippen LogP contribution is 2.39. The zero-order chi connectivity index (χ0) is 25.2. The van der Waals surface area contributed by atoms with Gasteiger partial charge in [-0.25, -0.2) is 5.01 Å². The van der Waals surface area contributed by atoms with Gasteiger partial charge in [-0.15, -0.1) is 0 Å². The van der Waals surface area contributed by atoms with Crippen LogP contribution >= 0.6 is 12.2 Å². The molecule has 3 rings (SSSR count). The average Bonchev–Trinajstić information content (AvgIpc) is 2.85. The average molecular weight is 496 g/mol. The third-order valence-electron chi connectivity index (χ3n) is 4.68. The number of carbonyl (C=O) groups excluding carboxylic acids is 1. The van der Waals surface area contributed by atoms with E-state index in [9.17, 15) is 4.79 Å². The van der Waals surface area contributed by atoms with Crippen molar-refractivity contribution in [2.24, 2.45) is 5.73 Å². The summed E-state index contributed by atoms with van der Waals surface area (Å²) in [6, 6.07) is 19.6. The predicted octanol–water partition coefficient (Wildman–Crippen LogP) is 5.07. The number of para-hydroxylation sites is 1. The molecule has 0 radical (unpaired) electrons. The van der Waals surface area contributed by atoms with Gasteiger partial charge in [-0.3, -0.25) is 10.2 Å². The van der Waals surface area contributed by atoms with Crippen molar-refractivity contribution < 1.29 is 23.7 Å². The maximum atomic E-state index is 13.2. The first-order valence-corrected chi connectivity index (χ1v) is 11.7. The van der Waals surface area contributed by atoms with Crippen molar-refractivity contribution in [1.82, 2.24) is 5.43 Å². The van der Waals surface area contributed by atoms with E-state index in [1.165, 1.54) is 5.01 Å². The van der Waals surface area contributed by atoms with Gasteiger partial charge in [0.15, 0.2) is 16.6 Å². The molecule has 0 heterocycles. The number of ether oxygens (including phenoxy) is 4. The lowest BCUT2D eigenvalue weighted by Crippen LogP contribution is -2.49. The number of hydrogen-bond acceptors (Lipinski definition) is 6. The molecule has 0 aliphatic heterocycles. The molecule has 0 atom stereocenters. The lowest BCUT2D eigenvalue weighted by molar-refractivity contribution is 0.0954. The van der Waals surface area contributed by atoms with Gasteiger partial charge in [0, 0.05) is 5.56 Å². The molecule has 0 aromatic heterocycles. The van der Waals surface area contributed by atoms with Gasteiger partial charge >= 0.3 is 0 Å². The minimum atomic E-state index is -0.452. The first kappa shape index (κ1) is 25.6. The molecule has 0 unspecified atom stereocenters. The number of carbonyl (C=O) groups is 1. The Balaban J connectivity index is 1.83. The van der Waals surface area contributed by atoms with E-state index in [0.717, 1.165) is 0 Å². The molecular weight excluding hydrogens is 466 g/mol. The van der Waals surface area contributed by atoms with Crippen LogP contribution in [0.4, 0.5) is 5.69 Å². The van der Waals surface area contributed by atoms with Crippen LogP contribution in [-0.2, 0) is 0 Å². The normalized spacial score (nSPS) is 10.3. The number of amides is 1. The minimum Gasteiger partial charge on any atom is -0.490 e. The Morgan fingerprint density at radius 3 is 1.91 bits per heavy atom. The third kappa shape index (κ3) is 6.77. The molecule has 0 aliphatic carbocycles. The largest absolute Gasteiger partial charge is 0.490 e. The molecule has 0 bridgehead atoms. The molecule has 0 saturated carbocycles. The maximum absolute atomic E-state index is 13.2. The van der Waals surface area contributed by atoms with Crippen LogP contribution in [0.15, 0.2) is 66.7 Å². The van der Waals surface area contributed by atoms with E-state index in [0.29, 0.717) is 59.8 Å². The van der Waals surface area contributed by atoms with Gasteiger partial charge in [0.05, 0.1) is 25.5 Å². The summed E-state index contributed by atoms with van der Waals surface area (Å²) in [5.41, 5.74) is 9.52. The Morgan fingerprint density at radius 1 is 0.857 bits per heavy atom. The number of rotatable bonds is 10. The van der Waals surface area contributed by atoms with Crippen molar-refractivity contribution in [2.75, 3.05) is 24.8 Å². The van der Waals surface area contributed by atoms with E-state index in [4.69, 9.17) is 36.9 Å². The van der Waals surface area contributed by atoms with Gasteiger partial charge < -0.3 is 24.7 Å². The highest BCUT2D eigenvalue weighted by Gasteiger charge is 2.21. The lowest BCUT2D eigenvalue weighted by Gasteiger charge is -2.24. The second kappa shape index (κ2) is 12.5. The summed E-state index contributed by atoms with van der Waals surface area (Å²) in [5, 5.41) is 1.29. The fourth-order valence-corrected chi connectivity index (χ4v) is 3.37. The molecule has 0 aliphatic rings. The monoisotopic (exact) mass is 495 g/mol. The molecule has 3 aromatic carbocycles. The minimum absolute atomic E-state index is 0.0314. The number of hydrazine groups is 1. The van der Waals surface area contributed by atoms with Gasteiger partial charge in [-0.1, -0.05) is 18.2 Å². The van der Waals surface area contributed by atoms with Crippen LogP contribution in [0.3, 0.4) is 0 Å². The molecule has 0 fully saturated rings. The molecular formula is C26H29N3O5S. The summed E-state index contributed by atoms with van der Waals surface area (Å²) in [7, 11) is 0. The van der Waals surface area contributed by atoms with Crippen LogP contribution in [0.25, 0.3) is 0 Å². The van der Waals surface area contributed by atoms with Gasteiger partial charge in [-0.2, -0.15) is 0 Å². The van der Waals surface area contributed by atoms with E-state index in [-0.39, 0.29) is 5.11 Å². The number of benzene rings is 3. The van der Waals surface area contributed by atoms with Crippen LogP contribution < -0.4 is 35.1 Å². The molecule has 3 aromatic rings. The molecule has 1 amide bonds. The fourth-order valence-electron chi connectivity index (χ4n) is 3.22. The standard InChI is InChI=1S/C26H29N3O5S/c1-4-31-22-16-18(17-23(32-5-2)24(22)33-6-3)25(30)28-29(26(27)35)19-12-14-21(15-13-19)34-20-10-8-7-9-11-20/h7-17H,4-6H2,1-3H3,(H2,27,35)(H,28,30). The molecule has 9 heteroatoms. The van der Waals surface area contributed by atoms with Gasteiger partial charge in [-0.05, 0) is 81.5 Å². The van der Waals surface area contributed by atoms with Crippen molar-refractivity contribution in [3.05, 3.63) is 72.3 Å². The summed E-state index contributed by atoms with van der Waals surface area (Å²) >= 11 is 5.18. The zero-order valence-corrected chi connectivity index (χ0v) is 20.8. The van der Waals surface area contributed by atoms with Crippen molar-refractivity contribution in [1.29, 1.82) is 0 Å². The summed E-state index contributed by atoms with van der Waals surface area (Å²) in [5.74, 6) is 2.17. The quantitative estimate of drug-likeness (QED) is 0.297. The molecule has 0 spiro atoms. The Morgan fingerprint density at radius 2 is 1.40 bits per heavy atom. The smallest absolute Gasteiger partial charge is 0.270 e. The molecule has 184 valence electrons. The van der Waals surface area contributed by atoms with E-state index >= 15 is 0 Å². The summed E-state index contributed by atoms with van der Waals surface area (Å²) < 4.78 is 22.9. The summed E-state index contributed by atoms with van der Waals surface area (Å²) in [6.07, 6.45) is 0. The Labute approximate surface area is 210 Å². The molecule has 8 nitrogen and oxygen atoms in total. The van der Waals surface area contributed by atoms with Gasteiger partial charge in [0.1, 0.15) is 11.5 Å². The number of anilines is 1. The second-order valence-corrected chi connectivity index (χ2v) is 7.54. The fraction of sp³-hybridized carbons (Fsp3) is 0.231. The first-order valence-electron chi connectivity index (χ1n) is 11.3. The Bertz CT molecular complexity index is 1110. The van der Waals surface area contributed by atoms with Crippen molar-refractivity contribution >= 4 is 28.9 Å². The van der Waals surface area contributed by atoms with Crippen LogP contribution in [0.1, 0.15) is 31.1 Å². The Kier molecular flexibility index (Phi) is 9.14. The van der Waals surface area contributed by atoms with Crippen molar-refractivity contribution in [3.63, 3.8) is 0 Å². The van der Waals surface area contributed by atoms with E-state index in [2.05, 4.69) is 5.43 Å². The SMILES string of the molecule is CCOc1cc(C(=O)NN(C(N)=S)c2ccc(Oc3ccccc3)cc2)cc(OCC)c1OCC. The van der Waals surface area contributed by atoms with Gasteiger partial charge in [0.2, 0.25) is 5.75 Å². The number of nitrogens with two attached hydrogens (primary N) is 1. The maximum Gasteiger partial charge on any atom is 0.270 e. The Hall–Kier alpha value is -3.98. The number of hydrogen-bond donors (Lipinski definition) is 2. The number of nitrogens with zero attached hydrogens (tertiary/aromatic N) is 1. The first-order chi connectivity index (χ1) is 17.0. The molecule has 3 N–H and O–H groups in total. The number of thiocarbonyl (C=S) groups is 1. The lowest BCUT2D eigenvalue weighted by atomic mass is 10.1. The van der Waals surface area contributed by atoms with E-state index in [1.807, 2.05) is 51.1 Å². The molecule has 0 saturated heterocycles. The second-order valence-electron chi connectivity index (χ2n) is 7.12. The van der Waals surface area contributed by atoms with Crippen LogP contribution in [-0.4, -0.2) is 30.8 Å². The third-order valence-corrected chi connectivity index (χ3v) is 4.86. The van der Waals surface area contributed by atoms with E-state index in [1.54, 1.807) is 36.4 Å². The topological polar surface area (TPSA) is 95.3 Å². The number of nitrogens with one attached hydrogen (secondary N) is 1. The molecule has 35 heavy (non-hydrogen) atoms. The highest BCUT2D eigenvalue weighted by atomic mass is 32.1. The summed E-state index contributed by atoms with van der Waals surface area (Å²) in [4.78, 5) is 13.2. The van der Waals surface area contributed by atoms with Crippen LogP contribution in [0, 0.1) is 0 Å². The zero-order valence-electron chi connectivity index (χ0n) is 19.9. The summed E-state index contributed by atoms with van der Waals surface area (Å²) in [6.45, 7) is 6.78. The van der Waals surface area contributed by atoms with Crippen molar-refractivity contribution in [3.8, 4) is 28.7 Å². The highest BCUT2D eigenvalue weighted by molar-refractivity contribution is 7.80.